The summed E-state index contributed by atoms with van der Waals surface area (Å²) in [4.78, 5) is 26.2. The first-order valence-corrected chi connectivity index (χ1v) is 9.77. The Morgan fingerprint density at radius 2 is 1.70 bits per heavy atom. The molecule has 30 heavy (non-hydrogen) atoms. The van der Waals surface area contributed by atoms with Gasteiger partial charge in [-0.25, -0.2) is 4.79 Å². The van der Waals surface area contributed by atoms with Crippen molar-refractivity contribution in [2.45, 2.75) is 6.42 Å². The molecule has 0 unspecified atom stereocenters. The molecule has 0 bridgehead atoms. The maximum absolute atomic E-state index is 12.4. The second kappa shape index (κ2) is 7.55. The molecule has 0 N–H and O–H groups in total. The zero-order valence-electron chi connectivity index (χ0n) is 16.2. The van der Waals surface area contributed by atoms with E-state index < -0.39 is 5.97 Å². The molecule has 0 fully saturated rings. The average Bonchev–Trinajstić information content (AvgIpc) is 3.37. The maximum atomic E-state index is 12.4. The molecule has 1 aromatic heterocycles. The minimum absolute atomic E-state index is 0.236. The minimum Gasteiger partial charge on any atom is -0.482 e. The number of para-hydroxylation sites is 2. The van der Waals surface area contributed by atoms with Crippen molar-refractivity contribution >= 4 is 39.5 Å². The van der Waals surface area contributed by atoms with Crippen molar-refractivity contribution in [3.63, 3.8) is 0 Å². The lowest BCUT2D eigenvalue weighted by molar-refractivity contribution is -0.149. The van der Waals surface area contributed by atoms with Crippen LogP contribution in [0.3, 0.4) is 0 Å². The smallest absolute Gasteiger partial charge is 0.344 e. The molecule has 5 rings (SSSR count). The lowest BCUT2D eigenvalue weighted by Gasteiger charge is -2.17. The Hall–Kier alpha value is -3.80. The number of hydrogen-bond donors (Lipinski definition) is 0. The molecular formula is C24H19NO5. The van der Waals surface area contributed by atoms with E-state index in [1.54, 1.807) is 11.0 Å². The molecule has 1 aliphatic heterocycles. The van der Waals surface area contributed by atoms with Crippen LogP contribution in [0.4, 0.5) is 5.69 Å². The largest absolute Gasteiger partial charge is 0.482 e. The van der Waals surface area contributed by atoms with Crippen LogP contribution in [0.1, 0.15) is 5.56 Å². The van der Waals surface area contributed by atoms with Crippen molar-refractivity contribution in [2.75, 3.05) is 24.7 Å². The average molecular weight is 401 g/mol. The highest BCUT2D eigenvalue weighted by Gasteiger charge is 2.24. The van der Waals surface area contributed by atoms with Crippen LogP contribution in [0.25, 0.3) is 21.9 Å². The number of anilines is 1. The zero-order valence-corrected chi connectivity index (χ0v) is 16.2. The van der Waals surface area contributed by atoms with Crippen molar-refractivity contribution < 1.29 is 23.5 Å². The van der Waals surface area contributed by atoms with Gasteiger partial charge in [0.2, 0.25) is 0 Å². The molecule has 6 nitrogen and oxygen atoms in total. The van der Waals surface area contributed by atoms with Crippen LogP contribution in [-0.4, -0.2) is 31.6 Å². The van der Waals surface area contributed by atoms with Gasteiger partial charge in [-0.05, 0) is 42.3 Å². The molecule has 0 saturated heterocycles. The fourth-order valence-electron chi connectivity index (χ4n) is 3.80. The first kappa shape index (κ1) is 18.2. The number of esters is 1. The Balaban J connectivity index is 1.18. The summed E-state index contributed by atoms with van der Waals surface area (Å²) in [7, 11) is 0. The van der Waals surface area contributed by atoms with Crippen LogP contribution < -0.4 is 9.64 Å². The number of ether oxygens (including phenoxy) is 2. The highest BCUT2D eigenvalue weighted by atomic mass is 16.6. The predicted molar refractivity (Wildman–Crippen MR) is 113 cm³/mol. The van der Waals surface area contributed by atoms with E-state index >= 15 is 0 Å². The van der Waals surface area contributed by atoms with E-state index in [4.69, 9.17) is 13.9 Å². The fraction of sp³-hybridized carbons (Fsp3) is 0.167. The van der Waals surface area contributed by atoms with Gasteiger partial charge in [0.15, 0.2) is 13.2 Å². The quantitative estimate of drug-likeness (QED) is 0.471. The van der Waals surface area contributed by atoms with E-state index in [9.17, 15) is 9.59 Å². The fourth-order valence-corrected chi connectivity index (χ4v) is 3.80. The third-order valence-electron chi connectivity index (χ3n) is 5.25. The Morgan fingerprint density at radius 3 is 2.63 bits per heavy atom. The summed E-state index contributed by atoms with van der Waals surface area (Å²) in [6.07, 6.45) is 0.810. The summed E-state index contributed by atoms with van der Waals surface area (Å²) in [5.41, 5.74) is 3.56. The number of carbonyl (C=O) groups is 2. The minimum atomic E-state index is -0.590. The van der Waals surface area contributed by atoms with Gasteiger partial charge in [0.05, 0.1) is 0 Å². The number of fused-ring (bicyclic) bond motifs is 4. The predicted octanol–water partition coefficient (Wildman–Crippen LogP) is 4.10. The summed E-state index contributed by atoms with van der Waals surface area (Å²) in [6, 6.07) is 20.9. The number of carbonyl (C=O) groups excluding carboxylic acids is 2. The Bertz CT molecular complexity index is 1260. The van der Waals surface area contributed by atoms with Crippen LogP contribution in [0, 0.1) is 0 Å². The number of furan rings is 1. The number of hydrogen-bond acceptors (Lipinski definition) is 5. The van der Waals surface area contributed by atoms with Crippen molar-refractivity contribution in [2.24, 2.45) is 0 Å². The van der Waals surface area contributed by atoms with E-state index in [0.717, 1.165) is 39.6 Å². The molecule has 6 heteroatoms. The molecule has 0 radical (unpaired) electrons. The summed E-state index contributed by atoms with van der Waals surface area (Å²) >= 11 is 0. The summed E-state index contributed by atoms with van der Waals surface area (Å²) < 4.78 is 16.5. The highest BCUT2D eigenvalue weighted by molar-refractivity contribution is 6.05. The maximum Gasteiger partial charge on any atom is 0.344 e. The molecule has 0 atom stereocenters. The number of nitrogens with zero attached hydrogens (tertiary/aromatic N) is 1. The molecule has 0 saturated carbocycles. The second-order valence-electron chi connectivity index (χ2n) is 7.13. The van der Waals surface area contributed by atoms with Crippen molar-refractivity contribution in [3.8, 4) is 5.75 Å². The van der Waals surface area contributed by atoms with E-state index in [1.807, 2.05) is 60.7 Å². The Labute approximate surface area is 172 Å². The van der Waals surface area contributed by atoms with E-state index in [2.05, 4.69) is 0 Å². The van der Waals surface area contributed by atoms with Crippen LogP contribution in [0.2, 0.25) is 0 Å². The third kappa shape index (κ3) is 3.37. The van der Waals surface area contributed by atoms with Crippen molar-refractivity contribution in [3.05, 3.63) is 72.3 Å². The molecule has 0 aliphatic carbocycles. The Kier molecular flexibility index (Phi) is 4.59. The molecule has 1 amide bonds. The van der Waals surface area contributed by atoms with E-state index in [-0.39, 0.29) is 19.1 Å². The molecule has 150 valence electrons. The molecule has 4 aromatic rings. The van der Waals surface area contributed by atoms with Crippen LogP contribution in [0.15, 0.2) is 71.1 Å². The zero-order chi connectivity index (χ0) is 20.5. The van der Waals surface area contributed by atoms with E-state index in [1.165, 1.54) is 0 Å². The van der Waals surface area contributed by atoms with Crippen LogP contribution in [0.5, 0.6) is 5.75 Å². The number of amides is 1. The summed E-state index contributed by atoms with van der Waals surface area (Å²) in [5, 5.41) is 1.90. The monoisotopic (exact) mass is 401 g/mol. The van der Waals surface area contributed by atoms with Gasteiger partial charge in [-0.3, -0.25) is 4.79 Å². The SMILES string of the molecule is O=C(COc1ccc2oc3ccccc3c2c1)OCC(=O)N1CCc2ccccc21. The van der Waals surface area contributed by atoms with Gasteiger partial charge in [-0.2, -0.15) is 0 Å². The van der Waals surface area contributed by atoms with Gasteiger partial charge in [0, 0.05) is 23.0 Å². The first-order valence-electron chi connectivity index (χ1n) is 9.77. The topological polar surface area (TPSA) is 69.0 Å². The molecular weight excluding hydrogens is 382 g/mol. The third-order valence-corrected chi connectivity index (χ3v) is 5.25. The van der Waals surface area contributed by atoms with Gasteiger partial charge >= 0.3 is 5.97 Å². The first-order chi connectivity index (χ1) is 14.7. The van der Waals surface area contributed by atoms with Gasteiger partial charge in [-0.15, -0.1) is 0 Å². The van der Waals surface area contributed by atoms with Gasteiger partial charge in [-0.1, -0.05) is 36.4 Å². The van der Waals surface area contributed by atoms with Crippen molar-refractivity contribution in [1.29, 1.82) is 0 Å². The molecule has 2 heterocycles. The summed E-state index contributed by atoms with van der Waals surface area (Å²) in [5.74, 6) is -0.293. The standard InChI is InChI=1S/C24H19NO5/c26-23(25-12-11-16-5-1-3-7-20(16)25)14-29-24(27)15-28-17-9-10-22-19(13-17)18-6-2-4-8-21(18)30-22/h1-10,13H,11-12,14-15H2. The van der Waals surface area contributed by atoms with E-state index in [0.29, 0.717) is 12.3 Å². The van der Waals surface area contributed by atoms with Gasteiger partial charge in [0.25, 0.3) is 5.91 Å². The van der Waals surface area contributed by atoms with Crippen molar-refractivity contribution in [1.82, 2.24) is 0 Å². The molecule has 3 aromatic carbocycles. The number of rotatable bonds is 5. The lowest BCUT2D eigenvalue weighted by Crippen LogP contribution is -2.33. The second-order valence-corrected chi connectivity index (χ2v) is 7.13. The highest BCUT2D eigenvalue weighted by Crippen LogP contribution is 2.31. The lowest BCUT2D eigenvalue weighted by atomic mass is 10.1. The number of benzene rings is 3. The van der Waals surface area contributed by atoms with Crippen LogP contribution >= 0.6 is 0 Å². The van der Waals surface area contributed by atoms with Crippen LogP contribution in [-0.2, 0) is 20.7 Å². The molecule has 0 spiro atoms. The van der Waals surface area contributed by atoms with Gasteiger partial charge < -0.3 is 18.8 Å². The normalized spacial score (nSPS) is 12.9. The Morgan fingerprint density at radius 1 is 0.900 bits per heavy atom. The van der Waals surface area contributed by atoms with Gasteiger partial charge in [0.1, 0.15) is 16.9 Å². The summed E-state index contributed by atoms with van der Waals surface area (Å²) in [6.45, 7) is 0.0258. The molecule has 1 aliphatic rings.